The van der Waals surface area contributed by atoms with Gasteiger partial charge < -0.3 is 18.9 Å². The van der Waals surface area contributed by atoms with Crippen molar-refractivity contribution in [1.82, 2.24) is 0 Å². The van der Waals surface area contributed by atoms with Gasteiger partial charge in [-0.25, -0.2) is 14.4 Å². The Morgan fingerprint density at radius 1 is 0.833 bits per heavy atom. The highest BCUT2D eigenvalue weighted by Crippen LogP contribution is 2.32. The molecule has 0 aromatic heterocycles. The number of carbonyl (C=O) groups is 3. The zero-order chi connectivity index (χ0) is 34.5. The zero-order valence-corrected chi connectivity index (χ0v) is 29.0. The zero-order valence-electron chi connectivity index (χ0n) is 29.0. The van der Waals surface area contributed by atoms with Crippen molar-refractivity contribution >= 4 is 23.5 Å². The average Bonchev–Trinajstić information content (AvgIpc) is 3.11. The van der Waals surface area contributed by atoms with Gasteiger partial charge in [0.2, 0.25) is 0 Å². The maximum absolute atomic E-state index is 13.7. The molecule has 3 rings (SSSR count). The Balaban J connectivity index is 1.49. The van der Waals surface area contributed by atoms with Crippen molar-refractivity contribution in [1.29, 1.82) is 0 Å². The minimum absolute atomic E-state index is 0.150. The summed E-state index contributed by atoms with van der Waals surface area (Å²) in [5.41, 5.74) is 1.29. The van der Waals surface area contributed by atoms with Crippen molar-refractivity contribution in [3.8, 4) is 5.75 Å². The van der Waals surface area contributed by atoms with Crippen LogP contribution < -0.4 is 4.74 Å². The summed E-state index contributed by atoms with van der Waals surface area (Å²) in [4.78, 5) is 37.4. The molecule has 0 spiro atoms. The van der Waals surface area contributed by atoms with Gasteiger partial charge in [0, 0.05) is 19.1 Å². The van der Waals surface area contributed by atoms with Crippen LogP contribution in [0.25, 0.3) is 5.57 Å². The molecule has 0 radical (unpaired) electrons. The number of carbonyl (C=O) groups excluding carboxylic acids is 3. The molecule has 2 unspecified atom stereocenters. The van der Waals surface area contributed by atoms with E-state index < -0.39 is 11.6 Å². The largest absolute Gasteiger partial charge is 0.463 e. The lowest BCUT2D eigenvalue weighted by Crippen LogP contribution is -2.43. The van der Waals surface area contributed by atoms with E-state index in [0.29, 0.717) is 30.9 Å². The standard InChI is InChI=1S/C41H54O7/c1-4-6-7-15-20-33(3)47-39(43)36-23-25-37(26-24-36)48-40(44)41(29-27-35(28-30-41)34-21-16-14-17-22-34)46-32-19-13-11-9-8-10-12-18-31-45-38(42)5-2/h5,14,16-17,21-29,33H,2,4,6-13,15,18-20,30-32H2,1,3H3. The fourth-order valence-electron chi connectivity index (χ4n) is 5.56. The number of benzene rings is 2. The Labute approximate surface area is 287 Å². The summed E-state index contributed by atoms with van der Waals surface area (Å²) in [5, 5.41) is 0. The Kier molecular flexibility index (Phi) is 17.5. The first-order chi connectivity index (χ1) is 23.4. The lowest BCUT2D eigenvalue weighted by Gasteiger charge is -2.30. The first-order valence-corrected chi connectivity index (χ1v) is 17.8. The molecule has 2 aromatic carbocycles. The van der Waals surface area contributed by atoms with Gasteiger partial charge in [0.15, 0.2) is 5.60 Å². The van der Waals surface area contributed by atoms with Crippen LogP contribution in [0.1, 0.15) is 120 Å². The molecule has 2 aromatic rings. The highest BCUT2D eigenvalue weighted by molar-refractivity contribution is 5.90. The fraction of sp³-hybridized carbons (Fsp3) is 0.488. The molecular formula is C41H54O7. The van der Waals surface area contributed by atoms with Crippen molar-refractivity contribution in [3.05, 3.63) is 96.6 Å². The van der Waals surface area contributed by atoms with E-state index in [0.717, 1.165) is 81.8 Å². The molecule has 0 bridgehead atoms. The van der Waals surface area contributed by atoms with Crippen LogP contribution in [0.4, 0.5) is 0 Å². The van der Waals surface area contributed by atoms with E-state index in [1.54, 1.807) is 24.3 Å². The Morgan fingerprint density at radius 2 is 1.48 bits per heavy atom. The van der Waals surface area contributed by atoms with E-state index in [1.165, 1.54) is 18.9 Å². The highest BCUT2D eigenvalue weighted by Gasteiger charge is 2.40. The molecule has 0 saturated carbocycles. The monoisotopic (exact) mass is 658 g/mol. The van der Waals surface area contributed by atoms with Crippen molar-refractivity contribution < 1.29 is 33.3 Å². The third kappa shape index (κ3) is 13.6. The van der Waals surface area contributed by atoms with E-state index in [9.17, 15) is 14.4 Å². The smallest absolute Gasteiger partial charge is 0.348 e. The summed E-state index contributed by atoms with van der Waals surface area (Å²) in [6.07, 6.45) is 20.8. The third-order valence-electron chi connectivity index (χ3n) is 8.49. The molecule has 2 atom stereocenters. The molecule has 7 heteroatoms. The second-order valence-electron chi connectivity index (χ2n) is 12.5. The molecule has 1 aliphatic carbocycles. The van der Waals surface area contributed by atoms with Crippen molar-refractivity contribution in [2.24, 2.45) is 0 Å². The van der Waals surface area contributed by atoms with Crippen LogP contribution in [0.15, 0.2) is 85.5 Å². The van der Waals surface area contributed by atoms with Gasteiger partial charge in [0.1, 0.15) is 5.75 Å². The Hall–Kier alpha value is -3.97. The number of allylic oxidation sites excluding steroid dienone is 2. The van der Waals surface area contributed by atoms with Gasteiger partial charge in [-0.15, -0.1) is 0 Å². The lowest BCUT2D eigenvalue weighted by molar-refractivity contribution is -0.156. The molecule has 0 aliphatic heterocycles. The van der Waals surface area contributed by atoms with E-state index >= 15 is 0 Å². The summed E-state index contributed by atoms with van der Waals surface area (Å²) in [7, 11) is 0. The summed E-state index contributed by atoms with van der Waals surface area (Å²) in [5.74, 6) is -0.889. The maximum atomic E-state index is 13.7. The quantitative estimate of drug-likeness (QED) is 0.0508. The Bertz CT molecular complexity index is 1330. The van der Waals surface area contributed by atoms with Gasteiger partial charge in [-0.1, -0.05) is 114 Å². The fourth-order valence-corrected chi connectivity index (χ4v) is 5.56. The molecule has 7 nitrogen and oxygen atoms in total. The number of hydrogen-bond donors (Lipinski definition) is 0. The molecular weight excluding hydrogens is 604 g/mol. The normalized spacial score (nSPS) is 16.1. The summed E-state index contributed by atoms with van der Waals surface area (Å²) < 4.78 is 22.8. The number of unbranched alkanes of at least 4 members (excludes halogenated alkanes) is 10. The Morgan fingerprint density at radius 3 is 2.10 bits per heavy atom. The number of esters is 3. The van der Waals surface area contributed by atoms with Crippen molar-refractivity contribution in [2.45, 2.75) is 115 Å². The lowest BCUT2D eigenvalue weighted by atomic mass is 9.89. The molecule has 0 fully saturated rings. The molecule has 1 aliphatic rings. The van der Waals surface area contributed by atoms with E-state index in [2.05, 4.69) is 13.5 Å². The van der Waals surface area contributed by atoms with Crippen LogP contribution in [0.5, 0.6) is 5.75 Å². The SMILES string of the molecule is C=CC(=O)OCCCCCCCCCCOC1(C(=O)Oc2ccc(C(=O)OC(C)CCCCCC)cc2)C=CC(c2ccccc2)=CC1. The predicted molar refractivity (Wildman–Crippen MR) is 191 cm³/mol. The average molecular weight is 659 g/mol. The summed E-state index contributed by atoms with van der Waals surface area (Å²) >= 11 is 0. The van der Waals surface area contributed by atoms with Crippen LogP contribution in [0.2, 0.25) is 0 Å². The number of hydrogen-bond acceptors (Lipinski definition) is 7. The van der Waals surface area contributed by atoms with Gasteiger partial charge in [-0.2, -0.15) is 0 Å². The molecule has 0 saturated heterocycles. The first kappa shape index (κ1) is 38.5. The summed E-state index contributed by atoms with van der Waals surface area (Å²) in [6.45, 7) is 8.37. The molecule has 260 valence electrons. The topological polar surface area (TPSA) is 88.1 Å². The molecule has 48 heavy (non-hydrogen) atoms. The number of rotatable bonds is 23. The van der Waals surface area contributed by atoms with Gasteiger partial charge in [0.25, 0.3) is 0 Å². The van der Waals surface area contributed by atoms with Crippen molar-refractivity contribution in [2.75, 3.05) is 13.2 Å². The van der Waals surface area contributed by atoms with E-state index in [4.69, 9.17) is 18.9 Å². The second-order valence-corrected chi connectivity index (χ2v) is 12.5. The second kappa shape index (κ2) is 21.8. The predicted octanol–water partition coefficient (Wildman–Crippen LogP) is 9.76. The van der Waals surface area contributed by atoms with Crippen LogP contribution >= 0.6 is 0 Å². The molecule has 0 N–H and O–H groups in total. The van der Waals surface area contributed by atoms with Crippen LogP contribution in [0, 0.1) is 0 Å². The summed E-state index contributed by atoms with van der Waals surface area (Å²) in [6, 6.07) is 16.6. The van der Waals surface area contributed by atoms with Gasteiger partial charge in [-0.05, 0) is 74.1 Å². The minimum Gasteiger partial charge on any atom is -0.463 e. The van der Waals surface area contributed by atoms with E-state index in [-0.39, 0.29) is 18.0 Å². The van der Waals surface area contributed by atoms with Crippen LogP contribution in [-0.2, 0) is 23.8 Å². The first-order valence-electron chi connectivity index (χ1n) is 17.8. The number of ether oxygens (including phenoxy) is 4. The highest BCUT2D eigenvalue weighted by atomic mass is 16.6. The molecule has 0 amide bonds. The van der Waals surface area contributed by atoms with Gasteiger partial charge in [-0.3, -0.25) is 0 Å². The van der Waals surface area contributed by atoms with Crippen LogP contribution in [0.3, 0.4) is 0 Å². The van der Waals surface area contributed by atoms with E-state index in [1.807, 2.05) is 55.5 Å². The molecule has 0 heterocycles. The minimum atomic E-state index is -1.24. The third-order valence-corrected chi connectivity index (χ3v) is 8.49. The maximum Gasteiger partial charge on any atom is 0.348 e. The van der Waals surface area contributed by atoms with Gasteiger partial charge in [0.05, 0.1) is 18.3 Å². The van der Waals surface area contributed by atoms with Crippen LogP contribution in [-0.4, -0.2) is 42.8 Å². The van der Waals surface area contributed by atoms with Gasteiger partial charge >= 0.3 is 17.9 Å². The van der Waals surface area contributed by atoms with Crippen molar-refractivity contribution in [3.63, 3.8) is 0 Å².